The van der Waals surface area contributed by atoms with E-state index < -0.39 is 0 Å². The Hall–Kier alpha value is -1.61. The van der Waals surface area contributed by atoms with Gasteiger partial charge in [0.2, 0.25) is 5.91 Å². The highest BCUT2D eigenvalue weighted by Crippen LogP contribution is 2.23. The number of aromatic nitrogens is 1. The van der Waals surface area contributed by atoms with Crippen LogP contribution in [0, 0.1) is 5.92 Å². The van der Waals surface area contributed by atoms with Crippen molar-refractivity contribution in [2.45, 2.75) is 13.0 Å². The zero-order valence-corrected chi connectivity index (χ0v) is 11.3. The fourth-order valence-electron chi connectivity index (χ4n) is 2.61. The summed E-state index contributed by atoms with van der Waals surface area (Å²) in [6, 6.07) is 10.1. The minimum atomic E-state index is 0.193. The molecule has 1 saturated heterocycles. The van der Waals surface area contributed by atoms with Crippen molar-refractivity contribution in [1.29, 1.82) is 0 Å². The van der Waals surface area contributed by atoms with Crippen molar-refractivity contribution in [1.82, 2.24) is 9.88 Å². The van der Waals surface area contributed by atoms with Gasteiger partial charge in [0.25, 0.3) is 0 Å². The average molecular weight is 275 g/mol. The Morgan fingerprint density at radius 1 is 1.32 bits per heavy atom. The van der Waals surface area contributed by atoms with Gasteiger partial charge < -0.3 is 4.90 Å². The van der Waals surface area contributed by atoms with E-state index in [9.17, 15) is 4.79 Å². The number of amides is 1. The van der Waals surface area contributed by atoms with Gasteiger partial charge in [0.05, 0.1) is 5.52 Å². The van der Waals surface area contributed by atoms with E-state index in [1.54, 1.807) is 6.20 Å². The number of hydrogen-bond acceptors (Lipinski definition) is 2. The van der Waals surface area contributed by atoms with Crippen LogP contribution in [0.25, 0.3) is 10.9 Å². The molecule has 0 radical (unpaired) electrons. The molecule has 1 unspecified atom stereocenters. The first kappa shape index (κ1) is 12.4. The highest BCUT2D eigenvalue weighted by atomic mass is 35.5. The van der Waals surface area contributed by atoms with Crippen molar-refractivity contribution in [3.63, 3.8) is 0 Å². The number of halogens is 1. The van der Waals surface area contributed by atoms with Gasteiger partial charge in [-0.05, 0) is 17.5 Å². The lowest BCUT2D eigenvalue weighted by Gasteiger charge is -2.17. The van der Waals surface area contributed by atoms with Crippen LogP contribution in [0.5, 0.6) is 0 Å². The van der Waals surface area contributed by atoms with Crippen molar-refractivity contribution in [2.75, 3.05) is 12.4 Å². The molecule has 2 aromatic rings. The molecule has 1 fully saturated rings. The number of nitrogens with zero attached hydrogens (tertiary/aromatic N) is 2. The Kier molecular flexibility index (Phi) is 3.38. The molecule has 0 bridgehead atoms. The Morgan fingerprint density at radius 2 is 2.16 bits per heavy atom. The van der Waals surface area contributed by atoms with E-state index in [4.69, 9.17) is 11.6 Å². The molecule has 0 N–H and O–H groups in total. The summed E-state index contributed by atoms with van der Waals surface area (Å²) in [6.07, 6.45) is 2.36. The molecule has 0 aliphatic carbocycles. The monoisotopic (exact) mass is 274 g/mol. The first-order chi connectivity index (χ1) is 9.28. The molecule has 3 nitrogen and oxygen atoms in total. The van der Waals surface area contributed by atoms with Gasteiger partial charge in [-0.3, -0.25) is 9.78 Å². The summed E-state index contributed by atoms with van der Waals surface area (Å²) < 4.78 is 0. The number of rotatable bonds is 3. The summed E-state index contributed by atoms with van der Waals surface area (Å²) in [7, 11) is 0. The van der Waals surface area contributed by atoms with Crippen molar-refractivity contribution in [3.8, 4) is 0 Å². The van der Waals surface area contributed by atoms with Crippen LogP contribution in [-0.4, -0.2) is 28.2 Å². The van der Waals surface area contributed by atoms with Gasteiger partial charge in [-0.25, -0.2) is 0 Å². The second-order valence-electron chi connectivity index (χ2n) is 4.99. The Balaban J connectivity index is 1.88. The number of carbonyl (C=O) groups excluding carboxylic acids is 1. The maximum Gasteiger partial charge on any atom is 0.223 e. The highest BCUT2D eigenvalue weighted by Gasteiger charge is 2.29. The number of alkyl halides is 1. The van der Waals surface area contributed by atoms with E-state index in [0.717, 1.165) is 23.0 Å². The number of hydrogen-bond donors (Lipinski definition) is 0. The fraction of sp³-hybridized carbons (Fsp3) is 0.333. The lowest BCUT2D eigenvalue weighted by atomic mass is 10.1. The number of pyridine rings is 1. The Morgan fingerprint density at radius 3 is 2.95 bits per heavy atom. The van der Waals surface area contributed by atoms with Crippen LogP contribution in [0.2, 0.25) is 0 Å². The Labute approximate surface area is 117 Å². The largest absolute Gasteiger partial charge is 0.338 e. The minimum Gasteiger partial charge on any atom is -0.338 e. The molecule has 0 spiro atoms. The SMILES string of the molecule is O=C1CC(CCl)CN1Cc1cccc2cccnc12. The van der Waals surface area contributed by atoms with Crippen LogP contribution in [0.4, 0.5) is 0 Å². The van der Waals surface area contributed by atoms with Gasteiger partial charge in [-0.1, -0.05) is 24.3 Å². The van der Waals surface area contributed by atoms with Crippen molar-refractivity contribution >= 4 is 28.4 Å². The molecular weight excluding hydrogens is 260 g/mol. The molecule has 98 valence electrons. The number of benzene rings is 1. The van der Waals surface area contributed by atoms with Gasteiger partial charge in [-0.2, -0.15) is 0 Å². The highest BCUT2D eigenvalue weighted by molar-refractivity contribution is 6.18. The molecule has 1 amide bonds. The number of para-hydroxylation sites is 1. The van der Waals surface area contributed by atoms with Gasteiger partial charge in [0.1, 0.15) is 0 Å². The summed E-state index contributed by atoms with van der Waals surface area (Å²) in [4.78, 5) is 18.2. The lowest BCUT2D eigenvalue weighted by molar-refractivity contribution is -0.128. The predicted molar refractivity (Wildman–Crippen MR) is 76.0 cm³/mol. The van der Waals surface area contributed by atoms with Gasteiger partial charge in [-0.15, -0.1) is 11.6 Å². The molecule has 1 aromatic carbocycles. The van der Waals surface area contributed by atoms with E-state index in [2.05, 4.69) is 4.98 Å². The van der Waals surface area contributed by atoms with E-state index in [1.807, 2.05) is 35.2 Å². The summed E-state index contributed by atoms with van der Waals surface area (Å²) >= 11 is 5.85. The molecule has 1 aliphatic heterocycles. The van der Waals surface area contributed by atoms with Crippen LogP contribution in [0.15, 0.2) is 36.5 Å². The molecule has 1 aliphatic rings. The third kappa shape index (κ3) is 2.43. The topological polar surface area (TPSA) is 33.2 Å². The molecular formula is C15H15ClN2O. The smallest absolute Gasteiger partial charge is 0.223 e. The zero-order chi connectivity index (χ0) is 13.2. The van der Waals surface area contributed by atoms with Crippen molar-refractivity contribution in [2.24, 2.45) is 5.92 Å². The molecule has 2 heterocycles. The summed E-state index contributed by atoms with van der Waals surface area (Å²) in [5.74, 6) is 1.03. The maximum atomic E-state index is 11.9. The van der Waals surface area contributed by atoms with E-state index >= 15 is 0 Å². The maximum absolute atomic E-state index is 11.9. The van der Waals surface area contributed by atoms with E-state index in [1.165, 1.54) is 0 Å². The second-order valence-corrected chi connectivity index (χ2v) is 5.30. The summed E-state index contributed by atoms with van der Waals surface area (Å²) in [6.45, 7) is 1.38. The van der Waals surface area contributed by atoms with Gasteiger partial charge in [0, 0.05) is 37.0 Å². The van der Waals surface area contributed by atoms with Crippen LogP contribution < -0.4 is 0 Å². The van der Waals surface area contributed by atoms with Crippen molar-refractivity contribution < 1.29 is 4.79 Å². The Bertz CT molecular complexity index is 609. The molecule has 3 rings (SSSR count). The third-order valence-corrected chi connectivity index (χ3v) is 4.03. The number of fused-ring (bicyclic) bond motifs is 1. The fourth-order valence-corrected chi connectivity index (χ4v) is 2.82. The molecule has 1 aromatic heterocycles. The normalized spacial score (nSPS) is 19.3. The minimum absolute atomic E-state index is 0.193. The number of likely N-dealkylation sites (tertiary alicyclic amines) is 1. The first-order valence-corrected chi connectivity index (χ1v) is 6.97. The number of carbonyl (C=O) groups is 1. The van der Waals surface area contributed by atoms with Crippen LogP contribution >= 0.6 is 11.6 Å². The van der Waals surface area contributed by atoms with Crippen LogP contribution in [0.1, 0.15) is 12.0 Å². The average Bonchev–Trinajstić information content (AvgIpc) is 2.80. The van der Waals surface area contributed by atoms with Crippen LogP contribution in [0.3, 0.4) is 0 Å². The molecule has 0 saturated carbocycles. The van der Waals surface area contributed by atoms with Crippen molar-refractivity contribution in [3.05, 3.63) is 42.1 Å². The van der Waals surface area contributed by atoms with Gasteiger partial charge >= 0.3 is 0 Å². The van der Waals surface area contributed by atoms with Crippen LogP contribution in [-0.2, 0) is 11.3 Å². The predicted octanol–water partition coefficient (Wildman–Crippen LogP) is 2.82. The summed E-state index contributed by atoms with van der Waals surface area (Å²) in [5, 5.41) is 1.11. The lowest BCUT2D eigenvalue weighted by Crippen LogP contribution is -2.24. The molecule has 4 heteroatoms. The second kappa shape index (κ2) is 5.17. The standard InChI is InChI=1S/C15H15ClN2O/c16-8-11-7-14(19)18(9-11)10-13-4-1-3-12-5-2-6-17-15(12)13/h1-6,11H,7-10H2. The quantitative estimate of drug-likeness (QED) is 0.807. The molecule has 19 heavy (non-hydrogen) atoms. The van der Waals surface area contributed by atoms with E-state index in [0.29, 0.717) is 18.8 Å². The first-order valence-electron chi connectivity index (χ1n) is 6.44. The molecule has 1 atom stereocenters. The summed E-state index contributed by atoms with van der Waals surface area (Å²) in [5.41, 5.74) is 2.08. The third-order valence-electron chi connectivity index (χ3n) is 3.59. The van der Waals surface area contributed by atoms with Gasteiger partial charge in [0.15, 0.2) is 0 Å². The zero-order valence-electron chi connectivity index (χ0n) is 10.6. The van der Waals surface area contributed by atoms with E-state index in [-0.39, 0.29) is 11.8 Å².